The van der Waals surface area contributed by atoms with Gasteiger partial charge in [0, 0.05) is 13.7 Å². The lowest BCUT2D eigenvalue weighted by atomic mass is 9.96. The standard InChI is InChI=1S/C9H15NO5/c1-14-7-3-6(8(11)15-2)4-10(5-7)9(12)13/h6-7H,3-5H2,1-2H3,(H,12,13). The summed E-state index contributed by atoms with van der Waals surface area (Å²) in [7, 11) is 2.80. The second kappa shape index (κ2) is 4.97. The van der Waals surface area contributed by atoms with Gasteiger partial charge in [-0.1, -0.05) is 0 Å². The smallest absolute Gasteiger partial charge is 0.407 e. The highest BCUT2D eigenvalue weighted by Crippen LogP contribution is 2.20. The molecule has 2 atom stereocenters. The first-order chi connectivity index (χ1) is 7.08. The van der Waals surface area contributed by atoms with Crippen LogP contribution in [0.4, 0.5) is 4.79 Å². The SMILES string of the molecule is COC(=O)C1CC(OC)CN(C(=O)O)C1. The predicted octanol–water partition coefficient (Wildman–Crippen LogP) is 0.174. The molecule has 1 saturated heterocycles. The van der Waals surface area contributed by atoms with Crippen LogP contribution in [-0.2, 0) is 14.3 Å². The Labute approximate surface area is 87.8 Å². The van der Waals surface area contributed by atoms with E-state index in [2.05, 4.69) is 4.74 Å². The molecule has 0 saturated carbocycles. The zero-order valence-corrected chi connectivity index (χ0v) is 8.80. The molecule has 1 aliphatic rings. The van der Waals surface area contributed by atoms with Crippen molar-refractivity contribution in [1.82, 2.24) is 4.90 Å². The zero-order valence-electron chi connectivity index (χ0n) is 8.80. The van der Waals surface area contributed by atoms with Crippen LogP contribution in [0, 0.1) is 5.92 Å². The van der Waals surface area contributed by atoms with Crippen molar-refractivity contribution in [2.45, 2.75) is 12.5 Å². The quantitative estimate of drug-likeness (QED) is 0.667. The number of esters is 1. The van der Waals surface area contributed by atoms with Gasteiger partial charge in [-0.2, -0.15) is 0 Å². The number of piperidine rings is 1. The van der Waals surface area contributed by atoms with E-state index in [9.17, 15) is 9.59 Å². The van der Waals surface area contributed by atoms with E-state index in [1.54, 1.807) is 0 Å². The van der Waals surface area contributed by atoms with E-state index in [4.69, 9.17) is 9.84 Å². The molecule has 86 valence electrons. The van der Waals surface area contributed by atoms with Gasteiger partial charge >= 0.3 is 12.1 Å². The Morgan fingerprint density at radius 2 is 2.00 bits per heavy atom. The highest BCUT2D eigenvalue weighted by atomic mass is 16.5. The highest BCUT2D eigenvalue weighted by molar-refractivity contribution is 5.74. The maximum absolute atomic E-state index is 11.3. The van der Waals surface area contributed by atoms with Crippen LogP contribution in [0.5, 0.6) is 0 Å². The van der Waals surface area contributed by atoms with Gasteiger partial charge in [0.05, 0.1) is 25.7 Å². The van der Waals surface area contributed by atoms with E-state index in [1.807, 2.05) is 0 Å². The van der Waals surface area contributed by atoms with Gasteiger partial charge in [-0.25, -0.2) is 4.79 Å². The van der Waals surface area contributed by atoms with Crippen LogP contribution in [0.1, 0.15) is 6.42 Å². The number of rotatable bonds is 2. The number of methoxy groups -OCH3 is 2. The maximum atomic E-state index is 11.3. The third-order valence-corrected chi connectivity index (χ3v) is 2.55. The number of hydrogen-bond donors (Lipinski definition) is 1. The van der Waals surface area contributed by atoms with Gasteiger partial charge in [0.2, 0.25) is 0 Å². The fourth-order valence-corrected chi connectivity index (χ4v) is 1.72. The summed E-state index contributed by atoms with van der Waals surface area (Å²) in [6.07, 6.45) is -0.767. The summed E-state index contributed by atoms with van der Waals surface area (Å²) >= 11 is 0. The van der Waals surface area contributed by atoms with Crippen molar-refractivity contribution >= 4 is 12.1 Å². The summed E-state index contributed by atoms with van der Waals surface area (Å²) in [6.45, 7) is 0.487. The Hall–Kier alpha value is -1.30. The lowest BCUT2D eigenvalue weighted by Gasteiger charge is -2.34. The van der Waals surface area contributed by atoms with Crippen molar-refractivity contribution < 1.29 is 24.2 Å². The van der Waals surface area contributed by atoms with Crippen molar-refractivity contribution in [1.29, 1.82) is 0 Å². The van der Waals surface area contributed by atoms with Crippen LogP contribution < -0.4 is 0 Å². The molecule has 0 aromatic heterocycles. The van der Waals surface area contributed by atoms with Crippen LogP contribution >= 0.6 is 0 Å². The Morgan fingerprint density at radius 1 is 1.33 bits per heavy atom. The summed E-state index contributed by atoms with van der Waals surface area (Å²) < 4.78 is 9.68. The van der Waals surface area contributed by atoms with Gasteiger partial charge in [0.1, 0.15) is 0 Å². The summed E-state index contributed by atoms with van der Waals surface area (Å²) in [6, 6.07) is 0. The minimum atomic E-state index is -1.04. The lowest BCUT2D eigenvalue weighted by molar-refractivity contribution is -0.149. The number of nitrogens with zero attached hydrogens (tertiary/aromatic N) is 1. The number of carboxylic acid groups (broad SMARTS) is 1. The van der Waals surface area contributed by atoms with Crippen molar-refractivity contribution in [3.8, 4) is 0 Å². The minimum Gasteiger partial charge on any atom is -0.469 e. The first kappa shape index (κ1) is 11.8. The molecule has 6 heteroatoms. The van der Waals surface area contributed by atoms with Crippen molar-refractivity contribution in [2.24, 2.45) is 5.92 Å². The molecule has 1 rings (SSSR count). The molecule has 0 aromatic rings. The Kier molecular flexibility index (Phi) is 3.90. The van der Waals surface area contributed by atoms with Gasteiger partial charge < -0.3 is 19.5 Å². The first-order valence-electron chi connectivity index (χ1n) is 4.67. The number of hydrogen-bond acceptors (Lipinski definition) is 4. The van der Waals surface area contributed by atoms with Gasteiger partial charge in [-0.05, 0) is 6.42 Å². The molecular weight excluding hydrogens is 202 g/mol. The number of carbonyl (C=O) groups excluding carboxylic acids is 1. The second-order valence-electron chi connectivity index (χ2n) is 3.50. The van der Waals surface area contributed by atoms with Crippen LogP contribution in [0.3, 0.4) is 0 Å². The number of ether oxygens (including phenoxy) is 2. The highest BCUT2D eigenvalue weighted by Gasteiger charge is 2.34. The van der Waals surface area contributed by atoms with Crippen LogP contribution in [0.2, 0.25) is 0 Å². The van der Waals surface area contributed by atoms with Crippen LogP contribution in [0.15, 0.2) is 0 Å². The normalized spacial score (nSPS) is 26.1. The van der Waals surface area contributed by atoms with Crippen LogP contribution in [0.25, 0.3) is 0 Å². The Morgan fingerprint density at radius 3 is 2.47 bits per heavy atom. The topological polar surface area (TPSA) is 76.1 Å². The molecule has 1 fully saturated rings. The van der Waals surface area contributed by atoms with E-state index < -0.39 is 12.0 Å². The summed E-state index contributed by atoms with van der Waals surface area (Å²) in [5.74, 6) is -0.812. The fourth-order valence-electron chi connectivity index (χ4n) is 1.72. The maximum Gasteiger partial charge on any atom is 0.407 e. The molecule has 1 aliphatic heterocycles. The summed E-state index contributed by atoms with van der Waals surface area (Å²) in [5.41, 5.74) is 0. The van der Waals surface area contributed by atoms with E-state index >= 15 is 0 Å². The van der Waals surface area contributed by atoms with Crippen molar-refractivity contribution in [3.05, 3.63) is 0 Å². The first-order valence-corrected chi connectivity index (χ1v) is 4.67. The largest absolute Gasteiger partial charge is 0.469 e. The van der Waals surface area contributed by atoms with Gasteiger partial charge in [0.25, 0.3) is 0 Å². The average molecular weight is 217 g/mol. The minimum absolute atomic E-state index is 0.182. The lowest BCUT2D eigenvalue weighted by Crippen LogP contribution is -2.48. The Bertz CT molecular complexity index is 255. The monoisotopic (exact) mass is 217 g/mol. The van der Waals surface area contributed by atoms with E-state index in [-0.39, 0.29) is 18.6 Å². The third-order valence-electron chi connectivity index (χ3n) is 2.55. The van der Waals surface area contributed by atoms with Crippen molar-refractivity contribution in [3.63, 3.8) is 0 Å². The zero-order chi connectivity index (χ0) is 11.4. The molecular formula is C9H15NO5. The van der Waals surface area contributed by atoms with Crippen molar-refractivity contribution in [2.75, 3.05) is 27.3 Å². The molecule has 0 aliphatic carbocycles. The molecule has 0 aromatic carbocycles. The number of likely N-dealkylation sites (tertiary alicyclic amines) is 1. The molecule has 0 bridgehead atoms. The van der Waals surface area contributed by atoms with E-state index in [1.165, 1.54) is 19.1 Å². The fraction of sp³-hybridized carbons (Fsp3) is 0.778. The summed E-state index contributed by atoms with van der Waals surface area (Å²) in [4.78, 5) is 23.3. The van der Waals surface area contributed by atoms with Crippen LogP contribution in [-0.4, -0.2) is 55.5 Å². The van der Waals surface area contributed by atoms with Gasteiger partial charge in [-0.3, -0.25) is 4.79 Å². The molecule has 15 heavy (non-hydrogen) atoms. The average Bonchev–Trinajstić information content (AvgIpc) is 2.27. The molecule has 1 amide bonds. The molecule has 0 radical (unpaired) electrons. The second-order valence-corrected chi connectivity index (χ2v) is 3.50. The summed E-state index contributed by atoms with van der Waals surface area (Å²) in [5, 5.41) is 8.84. The van der Waals surface area contributed by atoms with Gasteiger partial charge in [0.15, 0.2) is 0 Å². The number of carbonyl (C=O) groups is 2. The molecule has 0 spiro atoms. The third kappa shape index (κ3) is 2.82. The number of amides is 1. The molecule has 6 nitrogen and oxygen atoms in total. The molecule has 2 unspecified atom stereocenters. The van der Waals surface area contributed by atoms with E-state index in [0.717, 1.165) is 0 Å². The molecule has 1 heterocycles. The molecule has 1 N–H and O–H groups in total. The van der Waals surface area contributed by atoms with Gasteiger partial charge in [-0.15, -0.1) is 0 Å². The van der Waals surface area contributed by atoms with E-state index in [0.29, 0.717) is 13.0 Å². The predicted molar refractivity (Wildman–Crippen MR) is 50.5 cm³/mol. The Balaban J connectivity index is 2.66.